The van der Waals surface area contributed by atoms with Crippen molar-refractivity contribution in [3.05, 3.63) is 35.4 Å². The van der Waals surface area contributed by atoms with Crippen molar-refractivity contribution in [2.45, 2.75) is 64.8 Å². The summed E-state index contributed by atoms with van der Waals surface area (Å²) in [4.78, 5) is 12.3. The van der Waals surface area contributed by atoms with E-state index in [2.05, 4.69) is 50.4 Å². The third-order valence-electron chi connectivity index (χ3n) is 4.52. The zero-order chi connectivity index (χ0) is 16.2. The zero-order valence-corrected chi connectivity index (χ0v) is 14.1. The lowest BCUT2D eigenvalue weighted by Gasteiger charge is -2.23. The number of aryl methyl sites for hydroxylation is 1. The Hall–Kier alpha value is -1.35. The van der Waals surface area contributed by atoms with E-state index < -0.39 is 0 Å². The molecule has 3 nitrogen and oxygen atoms in total. The largest absolute Gasteiger partial charge is 0.394 e. The minimum atomic E-state index is -0.122. The molecule has 2 rings (SSSR count). The molecule has 122 valence electrons. The Morgan fingerprint density at radius 1 is 1.36 bits per heavy atom. The van der Waals surface area contributed by atoms with E-state index in [1.54, 1.807) is 0 Å². The average Bonchev–Trinajstić information content (AvgIpc) is 2.86. The summed E-state index contributed by atoms with van der Waals surface area (Å²) in [7, 11) is 0. The monoisotopic (exact) mass is 303 g/mol. The van der Waals surface area contributed by atoms with E-state index in [1.165, 1.54) is 11.1 Å². The Morgan fingerprint density at radius 2 is 2.09 bits per heavy atom. The molecule has 0 fully saturated rings. The smallest absolute Gasteiger partial charge is 0.220 e. The van der Waals surface area contributed by atoms with Crippen LogP contribution in [0.1, 0.15) is 63.5 Å². The number of aliphatic hydroxyl groups excluding tert-OH is 1. The first-order valence-electron chi connectivity index (χ1n) is 8.37. The summed E-state index contributed by atoms with van der Waals surface area (Å²) in [5.74, 6) is 0.396. The first-order valence-corrected chi connectivity index (χ1v) is 8.37. The number of hydrogen-bond acceptors (Lipinski definition) is 2. The fourth-order valence-corrected chi connectivity index (χ4v) is 3.18. The third-order valence-corrected chi connectivity index (χ3v) is 4.52. The molecule has 0 saturated carbocycles. The van der Waals surface area contributed by atoms with Crippen molar-refractivity contribution in [3.8, 4) is 0 Å². The Labute approximate surface area is 134 Å². The van der Waals surface area contributed by atoms with Crippen LogP contribution in [0.15, 0.2) is 24.3 Å². The molecule has 0 saturated heterocycles. The second-order valence-electron chi connectivity index (χ2n) is 7.68. The number of rotatable bonds is 6. The van der Waals surface area contributed by atoms with E-state index in [-0.39, 0.29) is 24.0 Å². The van der Waals surface area contributed by atoms with Crippen molar-refractivity contribution in [3.63, 3.8) is 0 Å². The van der Waals surface area contributed by atoms with Gasteiger partial charge >= 0.3 is 0 Å². The quantitative estimate of drug-likeness (QED) is 0.846. The summed E-state index contributed by atoms with van der Waals surface area (Å²) < 4.78 is 0. The molecule has 2 N–H and O–H groups in total. The van der Waals surface area contributed by atoms with E-state index in [9.17, 15) is 9.90 Å². The first kappa shape index (κ1) is 17.0. The molecule has 22 heavy (non-hydrogen) atoms. The predicted molar refractivity (Wildman–Crippen MR) is 89.8 cm³/mol. The summed E-state index contributed by atoms with van der Waals surface area (Å²) in [5, 5.41) is 12.5. The van der Waals surface area contributed by atoms with Gasteiger partial charge in [-0.1, -0.05) is 45.0 Å². The summed E-state index contributed by atoms with van der Waals surface area (Å²) in [6.07, 6.45) is 4.47. The number of carbonyl (C=O) groups excluding carboxylic acids is 1. The molecule has 3 heteroatoms. The Balaban J connectivity index is 1.85. The molecule has 0 aliphatic heterocycles. The highest BCUT2D eigenvalue weighted by Gasteiger charge is 2.25. The summed E-state index contributed by atoms with van der Waals surface area (Å²) >= 11 is 0. The van der Waals surface area contributed by atoms with Gasteiger partial charge in [0.05, 0.1) is 12.6 Å². The Kier molecular flexibility index (Phi) is 5.63. The molecule has 1 aliphatic carbocycles. The number of hydrogen-bond donors (Lipinski definition) is 2. The van der Waals surface area contributed by atoms with Crippen LogP contribution >= 0.6 is 0 Å². The molecule has 1 aromatic rings. The van der Waals surface area contributed by atoms with Crippen molar-refractivity contribution < 1.29 is 9.90 Å². The normalized spacial score (nSPS) is 18.8. The van der Waals surface area contributed by atoms with Crippen LogP contribution in [0.4, 0.5) is 0 Å². The van der Waals surface area contributed by atoms with Crippen LogP contribution in [0.3, 0.4) is 0 Å². The van der Waals surface area contributed by atoms with Crippen LogP contribution in [0, 0.1) is 5.41 Å². The maximum absolute atomic E-state index is 12.3. The highest BCUT2D eigenvalue weighted by atomic mass is 16.3. The van der Waals surface area contributed by atoms with Gasteiger partial charge in [0.25, 0.3) is 0 Å². The number of benzene rings is 1. The SMILES string of the molecule is CC(C)(C)CC[C@@H](CO)NC(=O)C[C@@H]1CCc2ccccc21. The maximum Gasteiger partial charge on any atom is 0.220 e. The first-order chi connectivity index (χ1) is 10.4. The predicted octanol–water partition coefficient (Wildman–Crippen LogP) is 3.41. The van der Waals surface area contributed by atoms with Crippen LogP contribution in [0.25, 0.3) is 0 Å². The van der Waals surface area contributed by atoms with E-state index in [0.717, 1.165) is 25.7 Å². The number of amides is 1. The molecule has 0 spiro atoms. The molecule has 2 atom stereocenters. The van der Waals surface area contributed by atoms with Gasteiger partial charge in [-0.15, -0.1) is 0 Å². The molecule has 0 radical (unpaired) electrons. The number of fused-ring (bicyclic) bond motifs is 1. The van der Waals surface area contributed by atoms with Crippen LogP contribution in [-0.2, 0) is 11.2 Å². The Bertz CT molecular complexity index is 504. The van der Waals surface area contributed by atoms with Crippen molar-refractivity contribution in [1.82, 2.24) is 5.32 Å². The lowest BCUT2D eigenvalue weighted by atomic mass is 9.88. The molecule has 0 bridgehead atoms. The van der Waals surface area contributed by atoms with Crippen molar-refractivity contribution in [2.75, 3.05) is 6.61 Å². The highest BCUT2D eigenvalue weighted by Crippen LogP contribution is 2.35. The van der Waals surface area contributed by atoms with Gasteiger partial charge in [0, 0.05) is 6.42 Å². The second-order valence-corrected chi connectivity index (χ2v) is 7.68. The summed E-state index contributed by atoms with van der Waals surface area (Å²) in [6, 6.07) is 8.30. The minimum Gasteiger partial charge on any atom is -0.394 e. The maximum atomic E-state index is 12.3. The van der Waals surface area contributed by atoms with E-state index in [0.29, 0.717) is 12.3 Å². The zero-order valence-electron chi connectivity index (χ0n) is 14.1. The average molecular weight is 303 g/mol. The molecule has 0 heterocycles. The van der Waals surface area contributed by atoms with Crippen LogP contribution in [0.2, 0.25) is 0 Å². The molecule has 1 aliphatic rings. The van der Waals surface area contributed by atoms with Gasteiger partial charge in [0.15, 0.2) is 0 Å². The topological polar surface area (TPSA) is 49.3 Å². The molecule has 0 aromatic heterocycles. The lowest BCUT2D eigenvalue weighted by Crippen LogP contribution is -2.38. The van der Waals surface area contributed by atoms with Gasteiger partial charge in [0.1, 0.15) is 0 Å². The van der Waals surface area contributed by atoms with Gasteiger partial charge in [-0.25, -0.2) is 0 Å². The van der Waals surface area contributed by atoms with Gasteiger partial charge in [-0.3, -0.25) is 4.79 Å². The summed E-state index contributed by atoms with van der Waals surface area (Å²) in [6.45, 7) is 6.55. The summed E-state index contributed by atoms with van der Waals surface area (Å²) in [5.41, 5.74) is 2.93. The van der Waals surface area contributed by atoms with E-state index in [4.69, 9.17) is 0 Å². The van der Waals surface area contributed by atoms with Crippen molar-refractivity contribution >= 4 is 5.91 Å². The van der Waals surface area contributed by atoms with Gasteiger partial charge in [-0.05, 0) is 48.1 Å². The van der Waals surface area contributed by atoms with Crippen LogP contribution in [-0.4, -0.2) is 23.7 Å². The number of nitrogens with one attached hydrogen (secondary N) is 1. The minimum absolute atomic E-state index is 0.0169. The fourth-order valence-electron chi connectivity index (χ4n) is 3.18. The third kappa shape index (κ3) is 4.84. The van der Waals surface area contributed by atoms with Crippen molar-refractivity contribution in [2.24, 2.45) is 5.41 Å². The van der Waals surface area contributed by atoms with Gasteiger partial charge in [-0.2, -0.15) is 0 Å². The number of aliphatic hydroxyl groups is 1. The molecule has 1 aromatic carbocycles. The number of carbonyl (C=O) groups is 1. The van der Waals surface area contributed by atoms with E-state index in [1.807, 2.05) is 0 Å². The van der Waals surface area contributed by atoms with E-state index >= 15 is 0 Å². The van der Waals surface area contributed by atoms with Gasteiger partial charge in [0.2, 0.25) is 5.91 Å². The standard InChI is InChI=1S/C19H29NO2/c1-19(2,3)11-10-16(13-21)20-18(22)12-15-9-8-14-6-4-5-7-17(14)15/h4-7,15-16,21H,8-13H2,1-3H3,(H,20,22)/t15-,16-/m0/s1. The molecule has 1 amide bonds. The second kappa shape index (κ2) is 7.28. The molecular weight excluding hydrogens is 274 g/mol. The van der Waals surface area contributed by atoms with Crippen molar-refractivity contribution in [1.29, 1.82) is 0 Å². The molecular formula is C19H29NO2. The molecule has 0 unspecified atom stereocenters. The Morgan fingerprint density at radius 3 is 2.77 bits per heavy atom. The van der Waals surface area contributed by atoms with Crippen LogP contribution in [0.5, 0.6) is 0 Å². The highest BCUT2D eigenvalue weighted by molar-refractivity contribution is 5.77. The lowest BCUT2D eigenvalue weighted by molar-refractivity contribution is -0.122. The fraction of sp³-hybridized carbons (Fsp3) is 0.632. The van der Waals surface area contributed by atoms with Gasteiger partial charge < -0.3 is 10.4 Å². The van der Waals surface area contributed by atoms with Crippen LogP contribution < -0.4 is 5.32 Å².